The molecule has 12 heavy (non-hydrogen) atoms. The molecule has 1 aliphatic carbocycles. The quantitative estimate of drug-likeness (QED) is 0.599. The molecule has 0 amide bonds. The summed E-state index contributed by atoms with van der Waals surface area (Å²) < 4.78 is 5.88. The number of hydrogen-bond acceptors (Lipinski definition) is 2. The lowest BCUT2D eigenvalue weighted by molar-refractivity contribution is -0.104. The molecule has 2 rings (SSSR count). The highest BCUT2D eigenvalue weighted by Crippen LogP contribution is 2.29. The van der Waals surface area contributed by atoms with Gasteiger partial charge in [-0.1, -0.05) is 12.8 Å². The van der Waals surface area contributed by atoms with Crippen molar-refractivity contribution in [1.29, 1.82) is 0 Å². The molecular formula is C10H19NO. The fraction of sp³-hybridized carbons (Fsp3) is 1.00. The number of ether oxygens (including phenoxy) is 1. The van der Waals surface area contributed by atoms with Gasteiger partial charge in [0.25, 0.3) is 0 Å². The smallest absolute Gasteiger partial charge is 0.119 e. The van der Waals surface area contributed by atoms with E-state index in [1.54, 1.807) is 0 Å². The van der Waals surface area contributed by atoms with E-state index in [4.69, 9.17) is 4.74 Å². The molecule has 0 unspecified atom stereocenters. The minimum absolute atomic E-state index is 0.0920. The Labute approximate surface area is 74.7 Å². The van der Waals surface area contributed by atoms with Crippen LogP contribution in [0.2, 0.25) is 0 Å². The van der Waals surface area contributed by atoms with E-state index in [1.165, 1.54) is 44.9 Å². The third-order valence-corrected chi connectivity index (χ3v) is 3.06. The Morgan fingerprint density at radius 1 is 0.917 bits per heavy atom. The Morgan fingerprint density at radius 2 is 1.67 bits per heavy atom. The van der Waals surface area contributed by atoms with Crippen molar-refractivity contribution < 1.29 is 4.74 Å². The molecule has 1 saturated heterocycles. The average Bonchev–Trinajstić information content (AvgIpc) is 2.33. The molecule has 1 saturated carbocycles. The third-order valence-electron chi connectivity index (χ3n) is 3.06. The largest absolute Gasteiger partial charge is 0.361 e. The first-order valence-electron chi connectivity index (χ1n) is 5.30. The lowest BCUT2D eigenvalue weighted by atomic mass is 10.0. The highest BCUT2D eigenvalue weighted by Gasteiger charge is 2.32. The Hall–Kier alpha value is -0.0800. The minimum Gasteiger partial charge on any atom is -0.361 e. The van der Waals surface area contributed by atoms with Crippen molar-refractivity contribution >= 4 is 0 Å². The maximum atomic E-state index is 5.88. The van der Waals surface area contributed by atoms with Gasteiger partial charge in [0.1, 0.15) is 5.72 Å². The molecule has 1 aliphatic heterocycles. The Balaban J connectivity index is 1.95. The van der Waals surface area contributed by atoms with Crippen LogP contribution >= 0.6 is 0 Å². The molecule has 0 radical (unpaired) electrons. The summed E-state index contributed by atoms with van der Waals surface area (Å²) in [4.78, 5) is 0. The number of nitrogens with one attached hydrogen (secondary N) is 1. The van der Waals surface area contributed by atoms with Crippen LogP contribution in [0, 0.1) is 0 Å². The molecule has 0 aromatic rings. The Bertz CT molecular complexity index is 131. The van der Waals surface area contributed by atoms with Gasteiger partial charge in [-0.15, -0.1) is 0 Å². The summed E-state index contributed by atoms with van der Waals surface area (Å²) in [5.41, 5.74) is 0.0920. The Kier molecular flexibility index (Phi) is 2.66. The predicted octanol–water partition coefficient (Wildman–Crippen LogP) is 2.05. The molecular weight excluding hydrogens is 150 g/mol. The van der Waals surface area contributed by atoms with Crippen molar-refractivity contribution in [2.24, 2.45) is 0 Å². The fourth-order valence-electron chi connectivity index (χ4n) is 2.33. The van der Waals surface area contributed by atoms with Gasteiger partial charge >= 0.3 is 0 Å². The van der Waals surface area contributed by atoms with Crippen LogP contribution in [0.5, 0.6) is 0 Å². The first-order chi connectivity index (χ1) is 5.91. The summed E-state index contributed by atoms with van der Waals surface area (Å²) >= 11 is 0. The second kappa shape index (κ2) is 3.75. The minimum atomic E-state index is 0.0920. The van der Waals surface area contributed by atoms with Crippen LogP contribution in [-0.2, 0) is 4.74 Å². The van der Waals surface area contributed by atoms with Crippen LogP contribution in [0.25, 0.3) is 0 Å². The van der Waals surface area contributed by atoms with E-state index < -0.39 is 0 Å². The van der Waals surface area contributed by atoms with Crippen molar-refractivity contribution in [3.63, 3.8) is 0 Å². The van der Waals surface area contributed by atoms with Gasteiger partial charge in [-0.2, -0.15) is 0 Å². The van der Waals surface area contributed by atoms with Gasteiger partial charge in [0, 0.05) is 0 Å². The molecule has 0 bridgehead atoms. The van der Waals surface area contributed by atoms with Gasteiger partial charge in [-0.3, -0.25) is 5.32 Å². The lowest BCUT2D eigenvalue weighted by Gasteiger charge is -2.37. The molecule has 1 heterocycles. The van der Waals surface area contributed by atoms with Crippen LogP contribution in [-0.4, -0.2) is 18.9 Å². The molecule has 70 valence electrons. The van der Waals surface area contributed by atoms with Crippen molar-refractivity contribution in [3.8, 4) is 0 Å². The first-order valence-corrected chi connectivity index (χ1v) is 5.30. The summed E-state index contributed by atoms with van der Waals surface area (Å²) in [6, 6.07) is 0. The maximum Gasteiger partial charge on any atom is 0.119 e. The maximum absolute atomic E-state index is 5.88. The van der Waals surface area contributed by atoms with Gasteiger partial charge in [-0.25, -0.2) is 0 Å². The highest BCUT2D eigenvalue weighted by molar-refractivity contribution is 4.82. The fourth-order valence-corrected chi connectivity index (χ4v) is 2.33. The van der Waals surface area contributed by atoms with Gasteiger partial charge in [0.05, 0.1) is 6.61 Å². The van der Waals surface area contributed by atoms with E-state index in [0.717, 1.165) is 13.2 Å². The van der Waals surface area contributed by atoms with Gasteiger partial charge in [-0.05, 0) is 38.6 Å². The normalized spacial score (nSPS) is 30.0. The molecule has 2 aliphatic rings. The monoisotopic (exact) mass is 169 g/mol. The standard InChI is InChI=1S/C10H19NO/c1-2-4-7-10(6-3-1)11-8-5-9-12-10/h11H,1-9H2. The predicted molar refractivity (Wildman–Crippen MR) is 49.0 cm³/mol. The van der Waals surface area contributed by atoms with Crippen LogP contribution < -0.4 is 5.32 Å². The van der Waals surface area contributed by atoms with Crippen LogP contribution in [0.1, 0.15) is 44.9 Å². The van der Waals surface area contributed by atoms with Crippen LogP contribution in [0.3, 0.4) is 0 Å². The number of rotatable bonds is 0. The zero-order chi connectivity index (χ0) is 8.28. The van der Waals surface area contributed by atoms with Crippen molar-refractivity contribution in [2.45, 2.75) is 50.7 Å². The zero-order valence-electron chi connectivity index (χ0n) is 7.77. The summed E-state index contributed by atoms with van der Waals surface area (Å²) in [6.45, 7) is 2.12. The van der Waals surface area contributed by atoms with Gasteiger partial charge in [0.15, 0.2) is 0 Å². The van der Waals surface area contributed by atoms with Crippen LogP contribution in [0.4, 0.5) is 0 Å². The molecule has 1 N–H and O–H groups in total. The van der Waals surface area contributed by atoms with Crippen molar-refractivity contribution in [2.75, 3.05) is 13.2 Å². The summed E-state index contributed by atoms with van der Waals surface area (Å²) in [5, 5.41) is 3.55. The molecule has 0 aromatic heterocycles. The molecule has 2 fully saturated rings. The van der Waals surface area contributed by atoms with E-state index in [2.05, 4.69) is 5.32 Å². The van der Waals surface area contributed by atoms with Crippen molar-refractivity contribution in [3.05, 3.63) is 0 Å². The summed E-state index contributed by atoms with van der Waals surface area (Å²) in [5.74, 6) is 0. The summed E-state index contributed by atoms with van der Waals surface area (Å²) in [7, 11) is 0. The molecule has 0 atom stereocenters. The van der Waals surface area contributed by atoms with Crippen molar-refractivity contribution in [1.82, 2.24) is 5.32 Å². The molecule has 0 aromatic carbocycles. The van der Waals surface area contributed by atoms with E-state index in [-0.39, 0.29) is 5.72 Å². The van der Waals surface area contributed by atoms with Crippen LogP contribution in [0.15, 0.2) is 0 Å². The third kappa shape index (κ3) is 1.80. The second-order valence-electron chi connectivity index (χ2n) is 4.04. The van der Waals surface area contributed by atoms with E-state index in [1.807, 2.05) is 0 Å². The average molecular weight is 169 g/mol. The van der Waals surface area contributed by atoms with Gasteiger partial charge < -0.3 is 4.74 Å². The topological polar surface area (TPSA) is 21.3 Å². The summed E-state index contributed by atoms with van der Waals surface area (Å²) in [6.07, 6.45) is 9.11. The SMILES string of the molecule is C1CCCC2(CC1)NCCCO2. The lowest BCUT2D eigenvalue weighted by Crippen LogP contribution is -2.51. The van der Waals surface area contributed by atoms with E-state index in [9.17, 15) is 0 Å². The molecule has 2 nitrogen and oxygen atoms in total. The first kappa shape index (κ1) is 8.52. The van der Waals surface area contributed by atoms with E-state index in [0.29, 0.717) is 0 Å². The molecule has 1 spiro atoms. The zero-order valence-corrected chi connectivity index (χ0v) is 7.77. The second-order valence-corrected chi connectivity index (χ2v) is 4.04. The highest BCUT2D eigenvalue weighted by atomic mass is 16.5. The molecule has 2 heteroatoms. The number of hydrogen-bond donors (Lipinski definition) is 1. The van der Waals surface area contributed by atoms with E-state index >= 15 is 0 Å². The Morgan fingerprint density at radius 3 is 2.25 bits per heavy atom. The van der Waals surface area contributed by atoms with Gasteiger partial charge in [0.2, 0.25) is 0 Å².